The van der Waals surface area contributed by atoms with Crippen LogP contribution in [0.25, 0.3) is 0 Å². The number of halogens is 2. The van der Waals surface area contributed by atoms with Gasteiger partial charge in [-0.1, -0.05) is 92.9 Å². The van der Waals surface area contributed by atoms with E-state index >= 15 is 0 Å². The summed E-state index contributed by atoms with van der Waals surface area (Å²) in [5.74, 6) is 2.64. The molecule has 0 bridgehead atoms. The Morgan fingerprint density at radius 3 is 1.19 bits per heavy atom. The summed E-state index contributed by atoms with van der Waals surface area (Å²) in [6, 6.07) is 0. The summed E-state index contributed by atoms with van der Waals surface area (Å²) in [6.07, 6.45) is 17.2. The maximum absolute atomic E-state index is 6.78. The molecule has 6 atom stereocenters. The predicted octanol–water partition coefficient (Wildman–Crippen LogP) is 10.3. The number of ether oxygens (including phenoxy) is 1. The van der Waals surface area contributed by atoms with Crippen molar-refractivity contribution in [2.24, 2.45) is 23.7 Å². The van der Waals surface area contributed by atoms with Gasteiger partial charge in [-0.3, -0.25) is 0 Å². The first kappa shape index (κ1) is 31.5. The normalized spacial score (nSPS) is 17.8. The minimum atomic E-state index is 0.328. The van der Waals surface area contributed by atoms with Crippen molar-refractivity contribution in [2.45, 2.75) is 142 Å². The molecule has 0 aromatic rings. The van der Waals surface area contributed by atoms with Gasteiger partial charge in [0.15, 0.2) is 0 Å². The van der Waals surface area contributed by atoms with Crippen molar-refractivity contribution in [1.82, 2.24) is 0 Å². The molecule has 0 rings (SSSR count). The van der Waals surface area contributed by atoms with Crippen molar-refractivity contribution in [3.05, 3.63) is 0 Å². The first-order chi connectivity index (χ1) is 15.0. The summed E-state index contributed by atoms with van der Waals surface area (Å²) in [4.78, 5) is 0. The lowest BCUT2D eigenvalue weighted by Crippen LogP contribution is -2.20. The van der Waals surface area contributed by atoms with Crippen LogP contribution in [0.3, 0.4) is 0 Å². The van der Waals surface area contributed by atoms with Crippen LogP contribution in [0, 0.1) is 23.7 Å². The molecule has 0 saturated heterocycles. The first-order valence-corrected chi connectivity index (χ1v) is 14.7. The van der Waals surface area contributed by atoms with Crippen LogP contribution in [0.5, 0.6) is 0 Å². The Morgan fingerprint density at radius 2 is 0.903 bits per heavy atom. The minimum Gasteiger partial charge on any atom is -0.381 e. The summed E-state index contributed by atoms with van der Waals surface area (Å²) in [5.41, 5.74) is 0. The third kappa shape index (κ3) is 15.1. The van der Waals surface area contributed by atoms with Gasteiger partial charge in [0.05, 0.1) is 0 Å². The van der Waals surface area contributed by atoms with E-state index in [1.54, 1.807) is 0 Å². The van der Waals surface area contributed by atoms with Gasteiger partial charge in [-0.15, -0.1) is 23.2 Å². The van der Waals surface area contributed by atoms with Crippen LogP contribution in [-0.4, -0.2) is 24.0 Å². The highest BCUT2D eigenvalue weighted by atomic mass is 35.5. The molecule has 1 nitrogen and oxygen atoms in total. The fourth-order valence-corrected chi connectivity index (χ4v) is 5.55. The highest BCUT2D eigenvalue weighted by molar-refractivity contribution is 6.21. The molecular formula is C28H56Cl2O. The van der Waals surface area contributed by atoms with Crippen molar-refractivity contribution in [3.63, 3.8) is 0 Å². The smallest absolute Gasteiger partial charge is 0.0494 e. The monoisotopic (exact) mass is 478 g/mol. The van der Waals surface area contributed by atoms with Gasteiger partial charge < -0.3 is 4.74 Å². The number of rotatable bonds is 22. The summed E-state index contributed by atoms with van der Waals surface area (Å²) >= 11 is 13.6. The number of hydrogen-bond donors (Lipinski definition) is 0. The molecule has 0 N–H and O–H groups in total. The Bertz CT molecular complexity index is 342. The zero-order valence-corrected chi connectivity index (χ0v) is 23.5. The van der Waals surface area contributed by atoms with Gasteiger partial charge in [0, 0.05) is 24.0 Å². The molecule has 0 aliphatic carbocycles. The fraction of sp³-hybridized carbons (Fsp3) is 1.00. The molecule has 0 spiro atoms. The third-order valence-corrected chi connectivity index (χ3v) is 8.64. The van der Waals surface area contributed by atoms with Gasteiger partial charge in [-0.25, -0.2) is 0 Å². The van der Waals surface area contributed by atoms with Gasteiger partial charge in [-0.05, 0) is 62.2 Å². The van der Waals surface area contributed by atoms with Gasteiger partial charge >= 0.3 is 0 Å². The van der Waals surface area contributed by atoms with E-state index in [9.17, 15) is 0 Å². The minimum absolute atomic E-state index is 0.328. The van der Waals surface area contributed by atoms with E-state index in [-0.39, 0.29) is 0 Å². The molecule has 0 aromatic carbocycles. The SMILES string of the molecule is CCCCC(CC)C(Cl)CCC(CC)COCC(CC)CCC(Cl)C(CC)CCCC. The molecule has 0 aliphatic rings. The van der Waals surface area contributed by atoms with Gasteiger partial charge in [-0.2, -0.15) is 0 Å². The van der Waals surface area contributed by atoms with Crippen molar-refractivity contribution < 1.29 is 4.74 Å². The maximum atomic E-state index is 6.78. The second-order valence-electron chi connectivity index (χ2n) is 9.89. The molecule has 0 aliphatic heterocycles. The van der Waals surface area contributed by atoms with Gasteiger partial charge in [0.25, 0.3) is 0 Å². The Kier molecular flexibility index (Phi) is 21.5. The van der Waals surface area contributed by atoms with E-state index in [1.807, 2.05) is 0 Å². The first-order valence-electron chi connectivity index (χ1n) is 13.8. The second-order valence-corrected chi connectivity index (χ2v) is 11.0. The summed E-state index contributed by atoms with van der Waals surface area (Å²) < 4.78 is 6.22. The van der Waals surface area contributed by atoms with Crippen LogP contribution in [0.15, 0.2) is 0 Å². The standard InChI is InChI=1S/C28H56Cl2O/c1-7-13-15-25(11-5)27(29)19-17-23(9-3)21-31-22-24(10-4)18-20-28(30)26(12-6)16-14-8-2/h23-28H,7-22H2,1-6H3. The van der Waals surface area contributed by atoms with Crippen LogP contribution in [-0.2, 0) is 4.74 Å². The fourth-order valence-electron chi connectivity index (χ4n) is 4.69. The molecule has 31 heavy (non-hydrogen) atoms. The van der Waals surface area contributed by atoms with Crippen molar-refractivity contribution in [2.75, 3.05) is 13.2 Å². The lowest BCUT2D eigenvalue weighted by Gasteiger charge is -2.25. The van der Waals surface area contributed by atoms with Crippen molar-refractivity contribution in [3.8, 4) is 0 Å². The molecule has 188 valence electrons. The highest BCUT2D eigenvalue weighted by Crippen LogP contribution is 2.28. The van der Waals surface area contributed by atoms with Crippen LogP contribution in [0.4, 0.5) is 0 Å². The van der Waals surface area contributed by atoms with Crippen LogP contribution >= 0.6 is 23.2 Å². The molecule has 3 heteroatoms. The van der Waals surface area contributed by atoms with E-state index in [4.69, 9.17) is 27.9 Å². The lowest BCUT2D eigenvalue weighted by atomic mass is 9.90. The zero-order valence-electron chi connectivity index (χ0n) is 21.9. The Morgan fingerprint density at radius 1 is 0.516 bits per heavy atom. The zero-order chi connectivity index (χ0) is 23.5. The molecule has 0 radical (unpaired) electrons. The quantitative estimate of drug-likeness (QED) is 0.140. The Labute approximate surface area is 206 Å². The number of unbranched alkanes of at least 4 members (excludes halogenated alkanes) is 2. The number of hydrogen-bond acceptors (Lipinski definition) is 1. The van der Waals surface area contributed by atoms with E-state index in [0.717, 1.165) is 26.1 Å². The van der Waals surface area contributed by atoms with E-state index in [2.05, 4.69) is 41.5 Å². The molecule has 0 fully saturated rings. The van der Waals surface area contributed by atoms with Crippen LogP contribution in [0.1, 0.15) is 131 Å². The average molecular weight is 480 g/mol. The maximum Gasteiger partial charge on any atom is 0.0494 e. The summed E-state index contributed by atoms with van der Waals surface area (Å²) in [7, 11) is 0. The molecule has 0 saturated carbocycles. The average Bonchev–Trinajstić information content (AvgIpc) is 2.78. The van der Waals surface area contributed by atoms with Crippen molar-refractivity contribution in [1.29, 1.82) is 0 Å². The molecule has 0 heterocycles. The molecule has 0 amide bonds. The third-order valence-electron chi connectivity index (χ3n) is 7.49. The van der Waals surface area contributed by atoms with Gasteiger partial charge in [0.1, 0.15) is 0 Å². The van der Waals surface area contributed by atoms with Crippen LogP contribution in [0.2, 0.25) is 0 Å². The topological polar surface area (TPSA) is 9.23 Å². The summed E-state index contributed by atoms with van der Waals surface area (Å²) in [6.45, 7) is 15.5. The van der Waals surface area contributed by atoms with Crippen molar-refractivity contribution >= 4 is 23.2 Å². The Balaban J connectivity index is 4.25. The molecular weight excluding hydrogens is 423 g/mol. The Hall–Kier alpha value is 0.540. The van der Waals surface area contributed by atoms with E-state index in [0.29, 0.717) is 34.4 Å². The lowest BCUT2D eigenvalue weighted by molar-refractivity contribution is 0.0622. The van der Waals surface area contributed by atoms with E-state index in [1.165, 1.54) is 77.0 Å². The van der Waals surface area contributed by atoms with Crippen LogP contribution < -0.4 is 0 Å². The molecule has 6 unspecified atom stereocenters. The predicted molar refractivity (Wildman–Crippen MR) is 143 cm³/mol. The molecule has 0 aromatic heterocycles. The van der Waals surface area contributed by atoms with E-state index < -0.39 is 0 Å². The summed E-state index contributed by atoms with van der Waals surface area (Å²) in [5, 5.41) is 0.655. The second kappa shape index (κ2) is 21.1. The largest absolute Gasteiger partial charge is 0.381 e. The highest BCUT2D eigenvalue weighted by Gasteiger charge is 2.20. The number of alkyl halides is 2. The van der Waals surface area contributed by atoms with Gasteiger partial charge in [0.2, 0.25) is 0 Å².